The van der Waals surface area contributed by atoms with Gasteiger partial charge in [0.05, 0.1) is 13.1 Å². The van der Waals surface area contributed by atoms with Gasteiger partial charge in [0.1, 0.15) is 0 Å². The molecule has 2 rings (SSSR count). The molecule has 3 N–H and O–H groups in total. The monoisotopic (exact) mass is 462 g/mol. The molecule has 0 heterocycles. The second-order valence-electron chi connectivity index (χ2n) is 7.11. The lowest BCUT2D eigenvalue weighted by molar-refractivity contribution is -0.123. The van der Waals surface area contributed by atoms with E-state index in [1.165, 1.54) is 0 Å². The van der Waals surface area contributed by atoms with E-state index in [9.17, 15) is 19.2 Å². The van der Waals surface area contributed by atoms with Crippen LogP contribution in [0.25, 0.3) is 0 Å². The molecule has 0 aliphatic rings. The first-order chi connectivity index (χ1) is 14.6. The summed E-state index contributed by atoms with van der Waals surface area (Å²) in [6.45, 7) is 7.26. The van der Waals surface area contributed by atoms with Gasteiger partial charge in [0.15, 0.2) is 11.6 Å². The van der Waals surface area contributed by atoms with E-state index in [-0.39, 0.29) is 55.1 Å². The molecule has 0 aliphatic carbocycles. The number of ketones is 2. The van der Waals surface area contributed by atoms with Gasteiger partial charge in [-0.25, -0.2) is 0 Å². The van der Waals surface area contributed by atoms with Crippen LogP contribution in [0.2, 0.25) is 0 Å². The molecule has 0 atom stereocenters. The Hall–Kier alpha value is -2.83. The third-order valence-corrected chi connectivity index (χ3v) is 4.21. The fraction of sp³-hybridized carbons (Fsp3) is 0.360. The summed E-state index contributed by atoms with van der Waals surface area (Å²) in [6, 6.07) is 18.0. The second kappa shape index (κ2) is 17.8. The standard InChI is InChI=1S/C12H15NO2.C8H9NO.C4H7ClO.CH4/c1-9(2)12(15)13-8-11(14)10-6-4-3-5-7-10;9-6-8(10)7-4-2-1-3-5-7;1-3(2)4(5)6;/h3-7,9H,8H2,1-2H3,(H,13,15);1-5H,6,9H2;3H,1-2H3;1H4. The maximum atomic E-state index is 11.6. The number of amides is 1. The number of hydrogen-bond donors (Lipinski definition) is 2. The van der Waals surface area contributed by atoms with Crippen molar-refractivity contribution in [2.75, 3.05) is 13.1 Å². The molecule has 0 radical (unpaired) electrons. The lowest BCUT2D eigenvalue weighted by atomic mass is 10.1. The Morgan fingerprint density at radius 1 is 0.781 bits per heavy atom. The van der Waals surface area contributed by atoms with Crippen molar-refractivity contribution < 1.29 is 19.2 Å². The van der Waals surface area contributed by atoms with Crippen LogP contribution >= 0.6 is 11.6 Å². The lowest BCUT2D eigenvalue weighted by Crippen LogP contribution is -2.32. The largest absolute Gasteiger partial charge is 0.348 e. The fourth-order valence-corrected chi connectivity index (χ4v) is 1.84. The summed E-state index contributed by atoms with van der Waals surface area (Å²) in [4.78, 5) is 43.6. The van der Waals surface area contributed by atoms with Crippen LogP contribution in [-0.4, -0.2) is 35.8 Å². The molecule has 0 saturated carbocycles. The Labute approximate surface area is 196 Å². The van der Waals surface area contributed by atoms with Crippen molar-refractivity contribution >= 4 is 34.3 Å². The van der Waals surface area contributed by atoms with Gasteiger partial charge >= 0.3 is 0 Å². The van der Waals surface area contributed by atoms with Crippen LogP contribution in [-0.2, 0) is 9.59 Å². The molecule has 32 heavy (non-hydrogen) atoms. The van der Waals surface area contributed by atoms with E-state index in [0.717, 1.165) is 0 Å². The molecule has 1 amide bonds. The molecular weight excluding hydrogens is 428 g/mol. The van der Waals surface area contributed by atoms with Crippen molar-refractivity contribution in [3.8, 4) is 0 Å². The van der Waals surface area contributed by atoms with E-state index < -0.39 is 0 Å². The Kier molecular flexibility index (Phi) is 17.5. The van der Waals surface area contributed by atoms with E-state index in [0.29, 0.717) is 11.1 Å². The molecule has 0 unspecified atom stereocenters. The summed E-state index contributed by atoms with van der Waals surface area (Å²) in [5.74, 6) is -0.287. The van der Waals surface area contributed by atoms with Crippen molar-refractivity contribution in [2.24, 2.45) is 17.6 Å². The van der Waals surface area contributed by atoms with E-state index in [1.54, 1.807) is 64.1 Å². The van der Waals surface area contributed by atoms with Crippen molar-refractivity contribution in [1.29, 1.82) is 0 Å². The van der Waals surface area contributed by atoms with Crippen LogP contribution in [0.5, 0.6) is 0 Å². The predicted octanol–water partition coefficient (Wildman–Crippen LogP) is 4.51. The molecule has 0 bridgehead atoms. The molecule has 176 valence electrons. The summed E-state index contributed by atoms with van der Waals surface area (Å²) in [5, 5.41) is 2.32. The van der Waals surface area contributed by atoms with Crippen LogP contribution < -0.4 is 11.1 Å². The highest BCUT2D eigenvalue weighted by Crippen LogP contribution is 2.00. The molecule has 0 aromatic heterocycles. The zero-order valence-electron chi connectivity index (χ0n) is 18.4. The van der Waals surface area contributed by atoms with Crippen molar-refractivity contribution in [3.63, 3.8) is 0 Å². The highest BCUT2D eigenvalue weighted by molar-refractivity contribution is 6.63. The maximum Gasteiger partial charge on any atom is 0.224 e. The molecule has 0 aliphatic heterocycles. The number of carbonyl (C=O) groups is 4. The Bertz CT molecular complexity index is 822. The first-order valence-corrected chi connectivity index (χ1v) is 10.3. The topological polar surface area (TPSA) is 106 Å². The number of rotatable bonds is 7. The summed E-state index contributed by atoms with van der Waals surface area (Å²) in [5.41, 5.74) is 6.47. The molecule has 2 aromatic rings. The Morgan fingerprint density at radius 2 is 1.16 bits per heavy atom. The van der Waals surface area contributed by atoms with E-state index in [4.69, 9.17) is 17.3 Å². The van der Waals surface area contributed by atoms with E-state index >= 15 is 0 Å². The summed E-state index contributed by atoms with van der Waals surface area (Å²) in [6.07, 6.45) is 0. The Balaban J connectivity index is 0. The fourth-order valence-electron chi connectivity index (χ4n) is 1.84. The molecule has 0 saturated heterocycles. The van der Waals surface area contributed by atoms with Gasteiger partial charge < -0.3 is 11.1 Å². The van der Waals surface area contributed by atoms with Crippen LogP contribution in [0, 0.1) is 11.8 Å². The normalized spacial score (nSPS) is 9.38. The van der Waals surface area contributed by atoms with Gasteiger partial charge in [-0.15, -0.1) is 0 Å². The average Bonchev–Trinajstić information content (AvgIpc) is 2.78. The SMILES string of the molecule is C.CC(C)C(=O)Cl.CC(C)C(=O)NCC(=O)c1ccccc1.NCC(=O)c1ccccc1. The first-order valence-electron chi connectivity index (χ1n) is 9.93. The maximum absolute atomic E-state index is 11.6. The second-order valence-corrected chi connectivity index (χ2v) is 7.49. The van der Waals surface area contributed by atoms with Crippen LogP contribution in [0.4, 0.5) is 0 Å². The minimum Gasteiger partial charge on any atom is -0.348 e. The number of carbonyl (C=O) groups excluding carboxylic acids is 4. The van der Waals surface area contributed by atoms with Gasteiger partial charge in [0.25, 0.3) is 0 Å². The minimum absolute atomic E-state index is 0. The minimum atomic E-state index is -0.269. The zero-order chi connectivity index (χ0) is 23.8. The smallest absolute Gasteiger partial charge is 0.224 e. The van der Waals surface area contributed by atoms with Gasteiger partial charge in [-0.2, -0.15) is 0 Å². The number of benzene rings is 2. The number of nitrogens with one attached hydrogen (secondary N) is 1. The number of Topliss-reactive ketones (excluding diaryl/α,β-unsaturated/α-hetero) is 2. The van der Waals surface area contributed by atoms with Gasteiger partial charge in [0, 0.05) is 23.0 Å². The van der Waals surface area contributed by atoms with Crippen molar-refractivity contribution in [2.45, 2.75) is 35.1 Å². The highest BCUT2D eigenvalue weighted by atomic mass is 35.5. The molecule has 2 aromatic carbocycles. The van der Waals surface area contributed by atoms with Crippen LogP contribution in [0.1, 0.15) is 55.8 Å². The predicted molar refractivity (Wildman–Crippen MR) is 131 cm³/mol. The molecule has 0 fully saturated rings. The number of halogens is 1. The molecule has 7 heteroatoms. The van der Waals surface area contributed by atoms with Gasteiger partial charge in [-0.1, -0.05) is 95.8 Å². The highest BCUT2D eigenvalue weighted by Gasteiger charge is 2.09. The van der Waals surface area contributed by atoms with E-state index in [2.05, 4.69) is 5.32 Å². The summed E-state index contributed by atoms with van der Waals surface area (Å²) < 4.78 is 0. The number of hydrogen-bond acceptors (Lipinski definition) is 5. The third-order valence-electron chi connectivity index (χ3n) is 3.78. The van der Waals surface area contributed by atoms with E-state index in [1.807, 2.05) is 24.3 Å². The average molecular weight is 463 g/mol. The molecule has 0 spiro atoms. The lowest BCUT2D eigenvalue weighted by Gasteiger charge is -2.06. The molecule has 6 nitrogen and oxygen atoms in total. The third kappa shape index (κ3) is 14.2. The quantitative estimate of drug-likeness (QED) is 0.465. The van der Waals surface area contributed by atoms with Gasteiger partial charge in [0.2, 0.25) is 11.1 Å². The van der Waals surface area contributed by atoms with Crippen LogP contribution in [0.3, 0.4) is 0 Å². The summed E-state index contributed by atoms with van der Waals surface area (Å²) in [7, 11) is 0. The van der Waals surface area contributed by atoms with Crippen molar-refractivity contribution in [1.82, 2.24) is 5.32 Å². The zero-order valence-corrected chi connectivity index (χ0v) is 19.2. The van der Waals surface area contributed by atoms with Gasteiger partial charge in [-0.05, 0) is 11.6 Å². The summed E-state index contributed by atoms with van der Waals surface area (Å²) >= 11 is 4.97. The molecular formula is C25H35ClN2O4. The van der Waals surface area contributed by atoms with Crippen molar-refractivity contribution in [3.05, 3.63) is 71.8 Å². The first kappa shape index (κ1) is 31.4. The number of nitrogens with two attached hydrogens (primary N) is 1. The van der Waals surface area contributed by atoms with Gasteiger partial charge in [-0.3, -0.25) is 19.2 Å². The van der Waals surface area contributed by atoms with Crippen LogP contribution in [0.15, 0.2) is 60.7 Å². The Morgan fingerprint density at radius 3 is 1.47 bits per heavy atom.